The lowest BCUT2D eigenvalue weighted by molar-refractivity contribution is -0.112. The number of amides is 1. The number of benzene rings is 3. The number of ether oxygens (including phenoxy) is 2. The fourth-order valence-electron chi connectivity index (χ4n) is 4.67. The molecule has 0 unspecified atom stereocenters. The van der Waals surface area contributed by atoms with Crippen molar-refractivity contribution in [3.05, 3.63) is 76.7 Å². The van der Waals surface area contributed by atoms with Gasteiger partial charge in [-0.2, -0.15) is 0 Å². The molecule has 2 heterocycles. The molecule has 0 spiro atoms. The molecule has 204 valence electrons. The summed E-state index contributed by atoms with van der Waals surface area (Å²) in [4.78, 5) is 19.1. The van der Waals surface area contributed by atoms with Crippen LogP contribution in [0.1, 0.15) is 11.1 Å². The second-order valence-electron chi connectivity index (χ2n) is 9.50. The first-order chi connectivity index (χ1) is 18.8. The van der Waals surface area contributed by atoms with Gasteiger partial charge in [0.25, 0.3) is 5.91 Å². The lowest BCUT2D eigenvalue weighted by atomic mass is 10.1. The minimum atomic E-state index is -3.75. The van der Waals surface area contributed by atoms with Crippen LogP contribution in [0, 0.1) is 0 Å². The van der Waals surface area contributed by atoms with Gasteiger partial charge in [-0.25, -0.2) is 8.42 Å². The van der Waals surface area contributed by atoms with E-state index in [0.717, 1.165) is 36.6 Å². The number of fused-ring (bicyclic) bond motifs is 1. The van der Waals surface area contributed by atoms with Crippen LogP contribution in [0.15, 0.2) is 75.4 Å². The number of carbonyl (C=O) groups excluding carboxylic acids is 1. The van der Waals surface area contributed by atoms with Gasteiger partial charge in [-0.05, 0) is 61.2 Å². The van der Waals surface area contributed by atoms with Crippen molar-refractivity contribution in [1.29, 1.82) is 0 Å². The van der Waals surface area contributed by atoms with E-state index in [0.29, 0.717) is 27.7 Å². The number of likely N-dealkylation sites (N-methyl/N-ethyl adjacent to an activating group) is 1. The molecule has 39 heavy (non-hydrogen) atoms. The van der Waals surface area contributed by atoms with Gasteiger partial charge in [0.05, 0.1) is 41.0 Å². The van der Waals surface area contributed by atoms with Crippen molar-refractivity contribution < 1.29 is 22.7 Å². The highest BCUT2D eigenvalue weighted by Crippen LogP contribution is 2.41. The standard InChI is InChI=1S/C29H31N3O5S2/c1-31-13-15-32(16-14-31)21-9-7-20(8-10-21)17-28-29(33)30-24-18-22(11-12-27(24)38-28)39(34,35)19-23-25(36-2)5-4-6-26(23)37-3/h4-12,17-18H,13-16,19H2,1-3H3,(H,30,33)/b28-17+. The zero-order chi connectivity index (χ0) is 27.6. The second kappa shape index (κ2) is 11.3. The Balaban J connectivity index is 1.33. The molecule has 2 aliphatic rings. The molecular formula is C29H31N3O5S2. The number of hydrogen-bond acceptors (Lipinski definition) is 8. The molecular weight excluding hydrogens is 534 g/mol. The van der Waals surface area contributed by atoms with Gasteiger partial charge in [-0.15, -0.1) is 0 Å². The molecule has 10 heteroatoms. The van der Waals surface area contributed by atoms with Crippen LogP contribution in [-0.4, -0.2) is 66.7 Å². The van der Waals surface area contributed by atoms with Crippen LogP contribution in [0.5, 0.6) is 11.5 Å². The highest BCUT2D eigenvalue weighted by atomic mass is 32.2. The van der Waals surface area contributed by atoms with E-state index in [-0.39, 0.29) is 16.6 Å². The third-order valence-electron chi connectivity index (χ3n) is 6.93. The molecule has 1 amide bonds. The molecule has 5 rings (SSSR count). The number of anilines is 2. The van der Waals surface area contributed by atoms with Crippen LogP contribution in [0.25, 0.3) is 6.08 Å². The summed E-state index contributed by atoms with van der Waals surface area (Å²) >= 11 is 1.33. The Morgan fingerprint density at radius 3 is 2.26 bits per heavy atom. The summed E-state index contributed by atoms with van der Waals surface area (Å²) < 4.78 is 37.4. The topological polar surface area (TPSA) is 88.2 Å². The summed E-state index contributed by atoms with van der Waals surface area (Å²) in [6.45, 7) is 4.08. The second-order valence-corrected chi connectivity index (χ2v) is 12.6. The van der Waals surface area contributed by atoms with Crippen molar-refractivity contribution in [3.63, 3.8) is 0 Å². The zero-order valence-corrected chi connectivity index (χ0v) is 23.8. The Bertz CT molecular complexity index is 1490. The van der Waals surface area contributed by atoms with Crippen molar-refractivity contribution in [3.8, 4) is 11.5 Å². The Labute approximate surface area is 233 Å². The third kappa shape index (κ3) is 5.93. The molecule has 0 aromatic heterocycles. The van der Waals surface area contributed by atoms with Crippen LogP contribution < -0.4 is 19.7 Å². The van der Waals surface area contributed by atoms with Crippen LogP contribution in [-0.2, 0) is 20.4 Å². The summed E-state index contributed by atoms with van der Waals surface area (Å²) in [6, 6.07) is 18.2. The van der Waals surface area contributed by atoms with Gasteiger partial charge in [0.15, 0.2) is 9.84 Å². The number of piperazine rings is 1. The number of methoxy groups -OCH3 is 2. The Hall–Kier alpha value is -3.47. The fourth-order valence-corrected chi connectivity index (χ4v) is 7.01. The van der Waals surface area contributed by atoms with Crippen molar-refractivity contribution >= 4 is 45.0 Å². The maximum absolute atomic E-state index is 13.3. The molecule has 0 aliphatic carbocycles. The first-order valence-corrected chi connectivity index (χ1v) is 15.1. The van der Waals surface area contributed by atoms with Crippen LogP contribution >= 0.6 is 11.8 Å². The van der Waals surface area contributed by atoms with Gasteiger partial charge in [0.2, 0.25) is 0 Å². The van der Waals surface area contributed by atoms with Gasteiger partial charge in [-0.3, -0.25) is 4.79 Å². The van der Waals surface area contributed by atoms with E-state index in [1.54, 1.807) is 30.3 Å². The van der Waals surface area contributed by atoms with Gasteiger partial charge in [0, 0.05) is 36.8 Å². The zero-order valence-electron chi connectivity index (χ0n) is 22.1. The number of nitrogens with one attached hydrogen (secondary N) is 1. The Morgan fingerprint density at radius 1 is 0.949 bits per heavy atom. The monoisotopic (exact) mass is 565 g/mol. The summed E-state index contributed by atoms with van der Waals surface area (Å²) in [5.74, 6) is 0.309. The van der Waals surface area contributed by atoms with Crippen LogP contribution in [0.3, 0.4) is 0 Å². The van der Waals surface area contributed by atoms with E-state index < -0.39 is 9.84 Å². The minimum absolute atomic E-state index is 0.113. The van der Waals surface area contributed by atoms with E-state index in [1.165, 1.54) is 37.7 Å². The smallest absolute Gasteiger partial charge is 0.262 e. The van der Waals surface area contributed by atoms with E-state index in [1.807, 2.05) is 18.2 Å². The van der Waals surface area contributed by atoms with E-state index >= 15 is 0 Å². The average Bonchev–Trinajstić information content (AvgIpc) is 2.94. The molecule has 0 saturated carbocycles. The highest BCUT2D eigenvalue weighted by Gasteiger charge is 2.26. The minimum Gasteiger partial charge on any atom is -0.496 e. The molecule has 0 radical (unpaired) electrons. The Morgan fingerprint density at radius 2 is 1.62 bits per heavy atom. The largest absolute Gasteiger partial charge is 0.496 e. The molecule has 0 atom stereocenters. The average molecular weight is 566 g/mol. The van der Waals surface area contributed by atoms with Crippen LogP contribution in [0.2, 0.25) is 0 Å². The van der Waals surface area contributed by atoms with E-state index in [9.17, 15) is 13.2 Å². The number of rotatable bonds is 7. The Kier molecular flexibility index (Phi) is 7.88. The van der Waals surface area contributed by atoms with Crippen molar-refractivity contribution in [1.82, 2.24) is 4.90 Å². The van der Waals surface area contributed by atoms with Crippen molar-refractivity contribution in [2.45, 2.75) is 15.5 Å². The van der Waals surface area contributed by atoms with Gasteiger partial charge >= 0.3 is 0 Å². The van der Waals surface area contributed by atoms with Crippen LogP contribution in [0.4, 0.5) is 11.4 Å². The molecule has 3 aromatic rings. The first-order valence-electron chi connectivity index (χ1n) is 12.6. The maximum atomic E-state index is 13.3. The SMILES string of the molecule is COc1cccc(OC)c1CS(=O)(=O)c1ccc2c(c1)NC(=O)/C(=C\c1ccc(N3CCN(C)CC3)cc1)S2. The molecule has 1 fully saturated rings. The van der Waals surface area contributed by atoms with Crippen molar-refractivity contribution in [2.24, 2.45) is 0 Å². The summed E-state index contributed by atoms with van der Waals surface area (Å²) in [6.07, 6.45) is 1.86. The first kappa shape index (κ1) is 27.1. The number of carbonyl (C=O) groups is 1. The summed E-state index contributed by atoms with van der Waals surface area (Å²) in [7, 11) is 1.37. The highest BCUT2D eigenvalue weighted by molar-refractivity contribution is 8.04. The number of thioether (sulfide) groups is 1. The molecule has 8 nitrogen and oxygen atoms in total. The normalized spacial score (nSPS) is 17.1. The fraction of sp³-hybridized carbons (Fsp3) is 0.276. The van der Waals surface area contributed by atoms with Gasteiger partial charge in [0.1, 0.15) is 11.5 Å². The third-order valence-corrected chi connectivity index (χ3v) is 9.67. The molecule has 1 saturated heterocycles. The number of hydrogen-bond donors (Lipinski definition) is 1. The lowest BCUT2D eigenvalue weighted by Crippen LogP contribution is -2.44. The predicted octanol–water partition coefficient (Wildman–Crippen LogP) is 4.51. The molecule has 2 aliphatic heterocycles. The van der Waals surface area contributed by atoms with Crippen molar-refractivity contribution in [2.75, 3.05) is 57.7 Å². The quantitative estimate of drug-likeness (QED) is 0.419. The molecule has 0 bridgehead atoms. The molecule has 1 N–H and O–H groups in total. The van der Waals surface area contributed by atoms with Gasteiger partial charge < -0.3 is 24.6 Å². The number of sulfone groups is 1. The van der Waals surface area contributed by atoms with Gasteiger partial charge in [-0.1, -0.05) is 30.0 Å². The van der Waals surface area contributed by atoms with E-state index in [4.69, 9.17) is 9.47 Å². The lowest BCUT2D eigenvalue weighted by Gasteiger charge is -2.34. The predicted molar refractivity (Wildman–Crippen MR) is 155 cm³/mol. The molecule has 3 aromatic carbocycles. The maximum Gasteiger partial charge on any atom is 0.262 e. The van der Waals surface area contributed by atoms with E-state index in [2.05, 4.69) is 34.3 Å². The summed E-state index contributed by atoms with van der Waals surface area (Å²) in [5.41, 5.74) is 3.03. The number of nitrogens with zero attached hydrogens (tertiary/aromatic N) is 2. The summed E-state index contributed by atoms with van der Waals surface area (Å²) in [5, 5.41) is 2.86.